The molecule has 38 heavy (non-hydrogen) atoms. The molecule has 1 aromatic heterocycles. The molecular weight excluding hydrogens is 484 g/mol. The highest BCUT2D eigenvalue weighted by Crippen LogP contribution is 2.30. The molecule has 202 valence electrons. The van der Waals surface area contributed by atoms with E-state index < -0.39 is 11.4 Å². The number of aliphatic hydroxyl groups is 1. The number of benzene rings is 1. The van der Waals surface area contributed by atoms with Crippen LogP contribution in [0.2, 0.25) is 0 Å². The van der Waals surface area contributed by atoms with Crippen LogP contribution in [0.25, 0.3) is 0 Å². The lowest BCUT2D eigenvalue weighted by Gasteiger charge is -2.32. The van der Waals surface area contributed by atoms with Gasteiger partial charge in [-0.15, -0.1) is 0 Å². The van der Waals surface area contributed by atoms with E-state index in [2.05, 4.69) is 25.5 Å². The lowest BCUT2D eigenvalue weighted by atomic mass is 9.93. The Kier molecular flexibility index (Phi) is 8.31. The molecule has 5 N–H and O–H groups in total. The van der Waals surface area contributed by atoms with Crippen molar-refractivity contribution in [1.82, 2.24) is 9.88 Å². The minimum atomic E-state index is -0.683. The number of nitrogens with two attached hydrogens (primary N) is 1. The lowest BCUT2D eigenvalue weighted by molar-refractivity contribution is 0.0961. The fraction of sp³-hybridized carbons (Fsp3) is 0.429. The minimum Gasteiger partial charge on any atom is -0.512 e. The van der Waals surface area contributed by atoms with E-state index in [1.54, 1.807) is 42.6 Å². The third kappa shape index (κ3) is 7.79. The van der Waals surface area contributed by atoms with Gasteiger partial charge < -0.3 is 31.1 Å². The normalized spacial score (nSPS) is 17.7. The van der Waals surface area contributed by atoms with E-state index in [4.69, 9.17) is 10.5 Å². The second-order valence-corrected chi connectivity index (χ2v) is 10.7. The first-order valence-corrected chi connectivity index (χ1v) is 12.9. The molecule has 1 saturated carbocycles. The number of anilines is 2. The standard InChI is InChI=1S/C28H36N6O4/c1-28(2,3)24(35)16-25(29)33-27(37)32-19-6-4-18(5-7-19)31-26(36)23-11-10-22(17-30-23)38-21-12-14-34(15-13-21)20-8-9-20/h4-7,10-11,16-17,20-21,35H,8-9,12-15H2,1-3H3,(H,31,36)(H3,29,32,33,37)/b24-16-. The van der Waals surface area contributed by atoms with Crippen LogP contribution in [0.3, 0.4) is 0 Å². The fourth-order valence-corrected chi connectivity index (χ4v) is 4.06. The van der Waals surface area contributed by atoms with Crippen molar-refractivity contribution in [2.75, 3.05) is 23.7 Å². The van der Waals surface area contributed by atoms with Gasteiger partial charge in [-0.3, -0.25) is 4.79 Å². The van der Waals surface area contributed by atoms with Crippen molar-refractivity contribution >= 4 is 29.1 Å². The smallest absolute Gasteiger partial charge is 0.347 e. The molecule has 1 aliphatic carbocycles. The first-order valence-electron chi connectivity index (χ1n) is 12.9. The summed E-state index contributed by atoms with van der Waals surface area (Å²) in [6, 6.07) is 10.1. The number of pyridine rings is 1. The third-order valence-corrected chi connectivity index (χ3v) is 6.49. The van der Waals surface area contributed by atoms with Gasteiger partial charge in [-0.25, -0.2) is 9.78 Å². The number of likely N-dealkylation sites (tertiary alicyclic amines) is 1. The fourth-order valence-electron chi connectivity index (χ4n) is 4.06. The van der Waals surface area contributed by atoms with E-state index in [-0.39, 0.29) is 29.3 Å². The zero-order chi connectivity index (χ0) is 27.3. The number of piperidine rings is 1. The molecular formula is C28H36N6O4. The summed E-state index contributed by atoms with van der Waals surface area (Å²) in [5.74, 6) is 0.224. The molecule has 0 atom stereocenters. The van der Waals surface area contributed by atoms with Crippen molar-refractivity contribution in [3.63, 3.8) is 0 Å². The van der Waals surface area contributed by atoms with Gasteiger partial charge in [0.2, 0.25) is 0 Å². The molecule has 2 aliphatic rings. The van der Waals surface area contributed by atoms with Gasteiger partial charge in [-0.05, 0) is 62.1 Å². The van der Waals surface area contributed by atoms with Crippen molar-refractivity contribution in [2.24, 2.45) is 16.1 Å². The van der Waals surface area contributed by atoms with Crippen molar-refractivity contribution in [1.29, 1.82) is 0 Å². The van der Waals surface area contributed by atoms with Crippen molar-refractivity contribution in [2.45, 2.75) is 58.6 Å². The predicted octanol–water partition coefficient (Wildman–Crippen LogP) is 4.72. The Hall–Kier alpha value is -3.92. The number of rotatable bonds is 7. The van der Waals surface area contributed by atoms with E-state index in [9.17, 15) is 14.7 Å². The van der Waals surface area contributed by atoms with Gasteiger partial charge in [0.15, 0.2) is 0 Å². The van der Waals surface area contributed by atoms with Gasteiger partial charge in [-0.2, -0.15) is 4.99 Å². The number of nitrogens with zero attached hydrogens (tertiary/aromatic N) is 3. The van der Waals surface area contributed by atoms with Crippen LogP contribution < -0.4 is 21.1 Å². The number of amidine groups is 1. The molecule has 4 rings (SSSR count). The second-order valence-electron chi connectivity index (χ2n) is 10.7. The number of allylic oxidation sites excluding steroid dienone is 1. The van der Waals surface area contributed by atoms with Crippen LogP contribution in [0.4, 0.5) is 16.2 Å². The zero-order valence-electron chi connectivity index (χ0n) is 22.1. The van der Waals surface area contributed by atoms with Crippen molar-refractivity contribution < 1.29 is 19.4 Å². The molecule has 1 aliphatic heterocycles. The van der Waals surface area contributed by atoms with Gasteiger partial charge >= 0.3 is 6.03 Å². The molecule has 10 heteroatoms. The minimum absolute atomic E-state index is 0.0210. The van der Waals surface area contributed by atoms with Crippen LogP contribution in [0, 0.1) is 5.41 Å². The number of ether oxygens (including phenoxy) is 1. The molecule has 1 aromatic carbocycles. The Morgan fingerprint density at radius 1 is 1.05 bits per heavy atom. The van der Waals surface area contributed by atoms with E-state index in [1.807, 2.05) is 20.8 Å². The summed E-state index contributed by atoms with van der Waals surface area (Å²) in [7, 11) is 0. The van der Waals surface area contributed by atoms with E-state index in [0.29, 0.717) is 17.1 Å². The molecule has 0 unspecified atom stereocenters. The summed E-state index contributed by atoms with van der Waals surface area (Å²) in [5.41, 5.74) is 6.50. The first kappa shape index (κ1) is 27.1. The number of carbonyl (C=O) groups is 2. The highest BCUT2D eigenvalue weighted by Gasteiger charge is 2.32. The van der Waals surface area contributed by atoms with Crippen molar-refractivity contribution in [3.05, 3.63) is 60.1 Å². The number of urea groups is 1. The number of aromatic nitrogens is 1. The summed E-state index contributed by atoms with van der Waals surface area (Å²) in [6.45, 7) is 7.59. The average Bonchev–Trinajstić information content (AvgIpc) is 3.71. The maximum Gasteiger partial charge on any atom is 0.347 e. The molecule has 2 fully saturated rings. The third-order valence-electron chi connectivity index (χ3n) is 6.49. The molecule has 3 amide bonds. The Morgan fingerprint density at radius 2 is 1.68 bits per heavy atom. The van der Waals surface area contributed by atoms with Crippen molar-refractivity contribution in [3.8, 4) is 5.75 Å². The maximum atomic E-state index is 12.6. The summed E-state index contributed by atoms with van der Waals surface area (Å²) in [6.07, 6.45) is 7.69. The quantitative estimate of drug-likeness (QED) is 0.235. The topological polar surface area (TPSA) is 142 Å². The predicted molar refractivity (Wildman–Crippen MR) is 148 cm³/mol. The molecule has 2 aromatic rings. The molecule has 0 spiro atoms. The molecule has 1 saturated heterocycles. The largest absolute Gasteiger partial charge is 0.512 e. The average molecular weight is 521 g/mol. The Balaban J connectivity index is 1.25. The van der Waals surface area contributed by atoms with Crippen LogP contribution in [-0.2, 0) is 0 Å². The zero-order valence-corrected chi connectivity index (χ0v) is 22.1. The van der Waals surface area contributed by atoms with Crippen LogP contribution in [0.15, 0.2) is 59.4 Å². The highest BCUT2D eigenvalue weighted by atomic mass is 16.5. The Labute approximate surface area is 223 Å². The summed E-state index contributed by atoms with van der Waals surface area (Å²) >= 11 is 0. The number of aliphatic hydroxyl groups excluding tert-OH is 1. The van der Waals surface area contributed by atoms with Gasteiger partial charge in [0, 0.05) is 42.0 Å². The second kappa shape index (κ2) is 11.6. The van der Waals surface area contributed by atoms with Crippen LogP contribution >= 0.6 is 0 Å². The maximum absolute atomic E-state index is 12.6. The van der Waals surface area contributed by atoms with Crippen LogP contribution in [-0.4, -0.2) is 58.0 Å². The number of aliphatic imine (C=N–C) groups is 1. The van der Waals surface area contributed by atoms with Gasteiger partial charge in [0.1, 0.15) is 29.1 Å². The summed E-state index contributed by atoms with van der Waals surface area (Å²) in [5, 5.41) is 15.3. The summed E-state index contributed by atoms with van der Waals surface area (Å²) in [4.78, 5) is 35.3. The first-order chi connectivity index (χ1) is 18.1. The number of hydrogen-bond donors (Lipinski definition) is 4. The summed E-state index contributed by atoms with van der Waals surface area (Å²) < 4.78 is 6.07. The highest BCUT2D eigenvalue weighted by molar-refractivity contribution is 6.04. The molecule has 2 heterocycles. The number of hydrogen-bond acceptors (Lipinski definition) is 6. The Bertz CT molecular complexity index is 1190. The molecule has 0 bridgehead atoms. The van der Waals surface area contributed by atoms with Gasteiger partial charge in [-0.1, -0.05) is 20.8 Å². The number of nitrogens with one attached hydrogen (secondary N) is 2. The molecule has 10 nitrogen and oxygen atoms in total. The van der Waals surface area contributed by atoms with E-state index >= 15 is 0 Å². The number of carbonyl (C=O) groups excluding carboxylic acids is 2. The monoisotopic (exact) mass is 520 g/mol. The lowest BCUT2D eigenvalue weighted by Crippen LogP contribution is -2.39. The Morgan fingerprint density at radius 3 is 2.24 bits per heavy atom. The van der Waals surface area contributed by atoms with Crippen LogP contribution in [0.5, 0.6) is 5.75 Å². The van der Waals surface area contributed by atoms with Crippen LogP contribution in [0.1, 0.15) is 56.9 Å². The SMILES string of the molecule is CC(C)(C)/C(O)=C/C(N)=N\C(=O)Nc1ccc(NC(=O)c2ccc(OC3CCN(C4CC4)CC3)cn2)cc1. The van der Waals surface area contributed by atoms with Gasteiger partial charge in [0.25, 0.3) is 5.91 Å². The van der Waals surface area contributed by atoms with Gasteiger partial charge in [0.05, 0.1) is 6.20 Å². The van der Waals surface area contributed by atoms with E-state index in [1.165, 1.54) is 18.9 Å². The molecule has 0 radical (unpaired) electrons. The van der Waals surface area contributed by atoms with E-state index in [0.717, 1.165) is 32.0 Å². The number of amides is 3.